The summed E-state index contributed by atoms with van der Waals surface area (Å²) in [5, 5.41) is 0. The number of aryl methyl sites for hydroxylation is 1. The first kappa shape index (κ1) is 14.2. The smallest absolute Gasteiger partial charge is 0.222 e. The van der Waals surface area contributed by atoms with Crippen LogP contribution in [0.25, 0.3) is 0 Å². The molecule has 0 saturated heterocycles. The van der Waals surface area contributed by atoms with Crippen molar-refractivity contribution in [1.82, 2.24) is 0 Å². The Morgan fingerprint density at radius 3 is 1.94 bits per heavy atom. The highest BCUT2D eigenvalue weighted by atomic mass is 31.2. The highest BCUT2D eigenvalue weighted by Gasteiger charge is 2.39. The molecular formula is C14H21O2P. The molecule has 0 unspecified atom stereocenters. The van der Waals surface area contributed by atoms with Crippen LogP contribution in [0.15, 0.2) is 24.3 Å². The molecule has 0 aliphatic heterocycles. The van der Waals surface area contributed by atoms with Crippen LogP contribution < -0.4 is 0 Å². The summed E-state index contributed by atoms with van der Waals surface area (Å²) in [5.74, 6) is 0. The van der Waals surface area contributed by atoms with Crippen molar-refractivity contribution in [2.75, 3.05) is 0 Å². The van der Waals surface area contributed by atoms with Crippen LogP contribution in [0.2, 0.25) is 0 Å². The van der Waals surface area contributed by atoms with Crippen LogP contribution in [-0.4, -0.2) is 16.8 Å². The summed E-state index contributed by atoms with van der Waals surface area (Å²) in [5.41, 5.74) is 1.14. The molecule has 3 heteroatoms. The Bertz CT molecular complexity index is 449. The van der Waals surface area contributed by atoms with E-state index in [1.165, 1.54) is 0 Å². The van der Waals surface area contributed by atoms with E-state index in [0.717, 1.165) is 5.56 Å². The predicted octanol–water partition coefficient (Wildman–Crippen LogP) is 4.32. The molecule has 0 amide bonds. The maximum absolute atomic E-state index is 12.9. The van der Waals surface area contributed by atoms with E-state index in [1.54, 1.807) is 6.07 Å². The predicted molar refractivity (Wildman–Crippen MR) is 73.4 cm³/mol. The maximum Gasteiger partial charge on any atom is 0.222 e. The van der Waals surface area contributed by atoms with Gasteiger partial charge in [0.05, 0.1) is 0 Å². The van der Waals surface area contributed by atoms with Crippen molar-refractivity contribution < 1.29 is 9.36 Å². The highest BCUT2D eigenvalue weighted by molar-refractivity contribution is 7.82. The van der Waals surface area contributed by atoms with Crippen LogP contribution in [0.5, 0.6) is 0 Å². The molecule has 0 heterocycles. The summed E-state index contributed by atoms with van der Waals surface area (Å²) in [6, 6.07) is 7.38. The van der Waals surface area contributed by atoms with Gasteiger partial charge in [-0.05, 0) is 12.5 Å². The van der Waals surface area contributed by atoms with Crippen molar-refractivity contribution in [3.63, 3.8) is 0 Å². The van der Waals surface area contributed by atoms with E-state index in [2.05, 4.69) is 0 Å². The normalized spacial score (nSPS) is 12.2. The topological polar surface area (TPSA) is 34.1 Å². The van der Waals surface area contributed by atoms with E-state index >= 15 is 0 Å². The average Bonchev–Trinajstić information content (AvgIpc) is 2.27. The lowest BCUT2D eigenvalue weighted by molar-refractivity contribution is 0.107. The molecule has 0 aromatic heterocycles. The molecule has 0 atom stereocenters. The van der Waals surface area contributed by atoms with E-state index in [1.807, 2.05) is 52.8 Å². The number of hydrogen-bond donors (Lipinski definition) is 0. The van der Waals surface area contributed by atoms with E-state index in [4.69, 9.17) is 0 Å². The highest BCUT2D eigenvalue weighted by Crippen LogP contribution is 2.57. The first-order valence-corrected chi connectivity index (χ1v) is 7.86. The number of hydrogen-bond acceptors (Lipinski definition) is 2. The Hall–Kier alpha value is -0.880. The van der Waals surface area contributed by atoms with Gasteiger partial charge in [0.15, 0.2) is 7.14 Å². The molecule has 0 fully saturated rings. The molecule has 0 spiro atoms. The van der Waals surface area contributed by atoms with Crippen LogP contribution in [0.3, 0.4) is 0 Å². The fourth-order valence-corrected chi connectivity index (χ4v) is 4.82. The summed E-state index contributed by atoms with van der Waals surface area (Å²) in [7, 11) is -2.84. The van der Waals surface area contributed by atoms with Gasteiger partial charge in [0.25, 0.3) is 0 Å². The first-order chi connectivity index (χ1) is 7.81. The van der Waals surface area contributed by atoms with Gasteiger partial charge in [-0.2, -0.15) is 0 Å². The summed E-state index contributed by atoms with van der Waals surface area (Å²) in [4.78, 5) is 12.5. The number of benzene rings is 1. The second-order valence-corrected chi connectivity index (χ2v) is 8.91. The fourth-order valence-electron chi connectivity index (χ4n) is 2.07. The zero-order chi connectivity index (χ0) is 13.2. The van der Waals surface area contributed by atoms with Crippen molar-refractivity contribution in [3.05, 3.63) is 35.4 Å². The van der Waals surface area contributed by atoms with E-state index in [9.17, 15) is 9.36 Å². The molecule has 0 saturated carbocycles. The third-order valence-corrected chi connectivity index (χ3v) is 7.17. The van der Waals surface area contributed by atoms with Gasteiger partial charge < -0.3 is 4.57 Å². The van der Waals surface area contributed by atoms with Crippen molar-refractivity contribution >= 4 is 12.7 Å². The first-order valence-electron chi connectivity index (χ1n) is 6.01. The van der Waals surface area contributed by atoms with E-state index in [0.29, 0.717) is 5.56 Å². The molecule has 1 aromatic rings. The second kappa shape index (κ2) is 5.18. The molecule has 0 radical (unpaired) electrons. The van der Waals surface area contributed by atoms with Crippen molar-refractivity contribution in [2.24, 2.45) is 0 Å². The van der Waals surface area contributed by atoms with Gasteiger partial charge in [0, 0.05) is 16.9 Å². The zero-order valence-electron chi connectivity index (χ0n) is 11.2. The maximum atomic E-state index is 12.9. The van der Waals surface area contributed by atoms with Crippen molar-refractivity contribution in [3.8, 4) is 0 Å². The molecule has 1 rings (SSSR count). The van der Waals surface area contributed by atoms with Crippen LogP contribution in [0.1, 0.15) is 43.6 Å². The van der Waals surface area contributed by atoms with Crippen molar-refractivity contribution in [1.29, 1.82) is 0 Å². The molecule has 17 heavy (non-hydrogen) atoms. The lowest BCUT2D eigenvalue weighted by Gasteiger charge is -2.25. The molecule has 2 nitrogen and oxygen atoms in total. The second-order valence-electron chi connectivity index (χ2n) is 5.02. The molecule has 0 aliphatic carbocycles. The summed E-state index contributed by atoms with van der Waals surface area (Å²) in [6.45, 7) is 9.38. The lowest BCUT2D eigenvalue weighted by Crippen LogP contribution is -2.17. The largest absolute Gasteiger partial charge is 0.315 e. The molecule has 0 N–H and O–H groups in total. The third-order valence-electron chi connectivity index (χ3n) is 3.23. The Kier molecular flexibility index (Phi) is 4.32. The van der Waals surface area contributed by atoms with Crippen LogP contribution in [-0.2, 0) is 4.57 Å². The standard InChI is InChI=1S/C14H21O2P/c1-10(2)17(16,11(3)4)14(15)13-9-7-6-8-12(13)5/h6-11H,1-5H3. The quantitative estimate of drug-likeness (QED) is 0.748. The van der Waals surface area contributed by atoms with Gasteiger partial charge in [-0.25, -0.2) is 0 Å². The minimum Gasteiger partial charge on any atom is -0.315 e. The summed E-state index contributed by atoms with van der Waals surface area (Å²) in [6.07, 6.45) is 0. The third kappa shape index (κ3) is 2.52. The van der Waals surface area contributed by atoms with Gasteiger partial charge in [-0.3, -0.25) is 4.79 Å². The number of carbonyl (C=O) groups is 1. The Morgan fingerprint density at radius 1 is 1.06 bits per heavy atom. The van der Waals surface area contributed by atoms with Crippen LogP contribution in [0, 0.1) is 6.92 Å². The zero-order valence-corrected chi connectivity index (χ0v) is 12.1. The van der Waals surface area contributed by atoms with Gasteiger partial charge in [-0.1, -0.05) is 52.0 Å². The molecule has 0 bridgehead atoms. The average molecular weight is 252 g/mol. The molecule has 94 valence electrons. The molecule has 0 aliphatic rings. The number of carbonyl (C=O) groups excluding carboxylic acids is 1. The minimum atomic E-state index is -2.84. The minimum absolute atomic E-state index is 0.102. The van der Waals surface area contributed by atoms with Crippen LogP contribution in [0.4, 0.5) is 0 Å². The molecular weight excluding hydrogens is 231 g/mol. The van der Waals surface area contributed by atoms with E-state index < -0.39 is 7.14 Å². The van der Waals surface area contributed by atoms with Gasteiger partial charge in [0.2, 0.25) is 5.52 Å². The number of rotatable bonds is 4. The lowest BCUT2D eigenvalue weighted by atomic mass is 10.1. The summed E-state index contributed by atoms with van der Waals surface area (Å²) < 4.78 is 12.9. The Labute approximate surface area is 104 Å². The Morgan fingerprint density at radius 2 is 1.53 bits per heavy atom. The molecule has 1 aromatic carbocycles. The van der Waals surface area contributed by atoms with Gasteiger partial charge in [0.1, 0.15) is 0 Å². The van der Waals surface area contributed by atoms with Crippen molar-refractivity contribution in [2.45, 2.75) is 45.9 Å². The van der Waals surface area contributed by atoms with Crippen LogP contribution >= 0.6 is 7.14 Å². The monoisotopic (exact) mass is 252 g/mol. The fraction of sp³-hybridized carbons (Fsp3) is 0.500. The van der Waals surface area contributed by atoms with Gasteiger partial charge in [-0.15, -0.1) is 0 Å². The SMILES string of the molecule is Cc1ccccc1C(=O)P(=O)(C(C)C)C(C)C. The van der Waals surface area contributed by atoms with Gasteiger partial charge >= 0.3 is 0 Å². The van der Waals surface area contributed by atoms with E-state index in [-0.39, 0.29) is 16.8 Å². The Balaban J connectivity index is 3.29. The summed E-state index contributed by atoms with van der Waals surface area (Å²) >= 11 is 0.